The number of aromatic hydroxyl groups is 1. The lowest BCUT2D eigenvalue weighted by molar-refractivity contribution is -0.146. The van der Waals surface area contributed by atoms with E-state index in [1.165, 1.54) is 31.4 Å². The van der Waals surface area contributed by atoms with E-state index in [2.05, 4.69) is 5.32 Å². The molecule has 0 aliphatic rings. The molecule has 1 rings (SSSR count). The number of nitrogens with one attached hydrogen (secondary N) is 1. The zero-order chi connectivity index (χ0) is 16.7. The van der Waals surface area contributed by atoms with Crippen LogP contribution in [0, 0.1) is 0 Å². The molecular weight excluding hydrogens is 294 g/mol. The van der Waals surface area contributed by atoms with Crippen LogP contribution >= 0.6 is 0 Å². The number of carbonyl (C=O) groups excluding carboxylic acids is 1. The van der Waals surface area contributed by atoms with Crippen LogP contribution in [-0.4, -0.2) is 46.3 Å². The van der Waals surface area contributed by atoms with Crippen LogP contribution in [0.5, 0.6) is 11.5 Å². The molecule has 0 saturated carbocycles. The van der Waals surface area contributed by atoms with Crippen LogP contribution in [0.1, 0.15) is 12.0 Å². The number of phenols is 1. The molecule has 0 bridgehead atoms. The smallest absolute Gasteiger partial charge is 0.326 e. The quantitative estimate of drug-likeness (QED) is 0.538. The van der Waals surface area contributed by atoms with Gasteiger partial charge in [-0.2, -0.15) is 0 Å². The maximum atomic E-state index is 11.6. The first-order chi connectivity index (χ1) is 10.3. The molecule has 22 heavy (non-hydrogen) atoms. The monoisotopic (exact) mass is 309 g/mol. The molecule has 1 aromatic carbocycles. The number of hydrogen-bond acceptors (Lipinski definition) is 5. The van der Waals surface area contributed by atoms with E-state index in [9.17, 15) is 19.5 Å². The molecule has 0 saturated heterocycles. The van der Waals surface area contributed by atoms with Gasteiger partial charge in [-0.3, -0.25) is 9.59 Å². The van der Waals surface area contributed by atoms with Crippen LogP contribution in [0.2, 0.25) is 0 Å². The van der Waals surface area contributed by atoms with Crippen molar-refractivity contribution in [1.29, 1.82) is 0 Å². The lowest BCUT2D eigenvalue weighted by Crippen LogP contribution is -2.41. The SMILES string of the molecule is COc1cc(/C=C/C(=O)N[C@@H](CC(=O)O)C(=O)O)ccc1O. The standard InChI is InChI=1S/C14H15NO7/c1-22-11-6-8(2-4-10(11)16)3-5-12(17)15-9(14(20)21)7-13(18)19/h2-6,9,16H,7H2,1H3,(H,15,17)(H,18,19)(H,20,21)/b5-3+/t9-/m0/s1. The molecule has 0 spiro atoms. The first-order valence-electron chi connectivity index (χ1n) is 6.13. The topological polar surface area (TPSA) is 133 Å². The van der Waals surface area contributed by atoms with Crippen LogP contribution in [0.25, 0.3) is 6.08 Å². The highest BCUT2D eigenvalue weighted by Gasteiger charge is 2.21. The Balaban J connectivity index is 2.74. The van der Waals surface area contributed by atoms with Crippen molar-refractivity contribution in [1.82, 2.24) is 5.32 Å². The molecule has 1 amide bonds. The van der Waals surface area contributed by atoms with E-state index in [0.29, 0.717) is 5.56 Å². The van der Waals surface area contributed by atoms with Crippen molar-refractivity contribution in [3.05, 3.63) is 29.8 Å². The maximum absolute atomic E-state index is 11.6. The summed E-state index contributed by atoms with van der Waals surface area (Å²) in [6.45, 7) is 0. The molecule has 0 aliphatic carbocycles. The van der Waals surface area contributed by atoms with Crippen LogP contribution in [0.15, 0.2) is 24.3 Å². The van der Waals surface area contributed by atoms with Gasteiger partial charge >= 0.3 is 11.9 Å². The first-order valence-corrected chi connectivity index (χ1v) is 6.13. The van der Waals surface area contributed by atoms with Crippen LogP contribution in [0.3, 0.4) is 0 Å². The van der Waals surface area contributed by atoms with Gasteiger partial charge in [-0.05, 0) is 23.8 Å². The van der Waals surface area contributed by atoms with Crippen molar-refractivity contribution in [2.24, 2.45) is 0 Å². The molecule has 0 heterocycles. The fourth-order valence-corrected chi connectivity index (χ4v) is 1.56. The summed E-state index contributed by atoms with van der Waals surface area (Å²) in [4.78, 5) is 32.9. The van der Waals surface area contributed by atoms with Gasteiger partial charge in [0.05, 0.1) is 13.5 Å². The summed E-state index contributed by atoms with van der Waals surface area (Å²) in [6.07, 6.45) is 1.71. The van der Waals surface area contributed by atoms with Gasteiger partial charge in [-0.25, -0.2) is 4.79 Å². The summed E-state index contributed by atoms with van der Waals surface area (Å²) in [5.41, 5.74) is 0.537. The summed E-state index contributed by atoms with van der Waals surface area (Å²) >= 11 is 0. The Labute approximate surface area is 125 Å². The molecule has 8 heteroatoms. The number of ether oxygens (including phenoxy) is 1. The molecule has 0 aromatic heterocycles. The van der Waals surface area contributed by atoms with E-state index in [0.717, 1.165) is 6.08 Å². The molecule has 0 aliphatic heterocycles. The Hall–Kier alpha value is -3.03. The fourth-order valence-electron chi connectivity index (χ4n) is 1.56. The molecule has 0 fully saturated rings. The minimum Gasteiger partial charge on any atom is -0.504 e. The largest absolute Gasteiger partial charge is 0.504 e. The van der Waals surface area contributed by atoms with Crippen molar-refractivity contribution in [2.75, 3.05) is 7.11 Å². The van der Waals surface area contributed by atoms with Crippen LogP contribution < -0.4 is 10.1 Å². The Morgan fingerprint density at radius 3 is 2.55 bits per heavy atom. The number of phenolic OH excluding ortho intramolecular Hbond substituents is 1. The Morgan fingerprint density at radius 2 is 2.00 bits per heavy atom. The normalized spacial score (nSPS) is 11.9. The van der Waals surface area contributed by atoms with E-state index in [1.807, 2.05) is 0 Å². The second-order valence-corrected chi connectivity index (χ2v) is 4.26. The highest BCUT2D eigenvalue weighted by atomic mass is 16.5. The summed E-state index contributed by atoms with van der Waals surface area (Å²) < 4.78 is 4.90. The number of hydrogen-bond donors (Lipinski definition) is 4. The average Bonchev–Trinajstić information content (AvgIpc) is 2.45. The van der Waals surface area contributed by atoms with Crippen molar-refractivity contribution in [2.45, 2.75) is 12.5 Å². The number of carboxylic acid groups (broad SMARTS) is 2. The van der Waals surface area contributed by atoms with Crippen molar-refractivity contribution in [3.8, 4) is 11.5 Å². The number of amides is 1. The Kier molecular flexibility index (Phi) is 5.94. The van der Waals surface area contributed by atoms with E-state index in [1.54, 1.807) is 0 Å². The predicted molar refractivity (Wildman–Crippen MR) is 75.5 cm³/mol. The highest BCUT2D eigenvalue weighted by molar-refractivity contribution is 5.95. The minimum absolute atomic E-state index is 0.0588. The molecule has 0 radical (unpaired) electrons. The van der Waals surface area contributed by atoms with Gasteiger partial charge in [0.25, 0.3) is 0 Å². The maximum Gasteiger partial charge on any atom is 0.326 e. The van der Waals surface area contributed by atoms with E-state index in [-0.39, 0.29) is 11.5 Å². The summed E-state index contributed by atoms with van der Waals surface area (Å²) in [5.74, 6) is -3.36. The van der Waals surface area contributed by atoms with E-state index >= 15 is 0 Å². The average molecular weight is 309 g/mol. The minimum atomic E-state index is -1.51. The van der Waals surface area contributed by atoms with E-state index in [4.69, 9.17) is 14.9 Å². The number of aliphatic carboxylic acids is 2. The number of rotatable bonds is 7. The van der Waals surface area contributed by atoms with Gasteiger partial charge in [-0.15, -0.1) is 0 Å². The van der Waals surface area contributed by atoms with E-state index < -0.39 is 30.3 Å². The molecule has 118 valence electrons. The third-order valence-electron chi connectivity index (χ3n) is 2.62. The predicted octanol–water partition coefficient (Wildman–Crippen LogP) is 0.458. The zero-order valence-corrected chi connectivity index (χ0v) is 11.6. The number of carboxylic acids is 2. The molecular formula is C14H15NO7. The lowest BCUT2D eigenvalue weighted by Gasteiger charge is -2.10. The summed E-state index contributed by atoms with van der Waals surface area (Å²) in [6, 6.07) is 2.86. The molecule has 1 atom stereocenters. The molecule has 8 nitrogen and oxygen atoms in total. The van der Waals surface area contributed by atoms with Gasteiger partial charge < -0.3 is 25.4 Å². The van der Waals surface area contributed by atoms with Gasteiger partial charge in [0.1, 0.15) is 6.04 Å². The van der Waals surface area contributed by atoms with Crippen LogP contribution in [-0.2, 0) is 14.4 Å². The summed E-state index contributed by atoms with van der Waals surface area (Å²) in [7, 11) is 1.37. The number of methoxy groups -OCH3 is 1. The Morgan fingerprint density at radius 1 is 1.32 bits per heavy atom. The van der Waals surface area contributed by atoms with Gasteiger partial charge in [0.2, 0.25) is 5.91 Å². The van der Waals surface area contributed by atoms with Crippen molar-refractivity contribution >= 4 is 23.9 Å². The van der Waals surface area contributed by atoms with Crippen molar-refractivity contribution < 1.29 is 34.4 Å². The summed E-state index contributed by atoms with van der Waals surface area (Å²) in [5, 5.41) is 28.9. The molecule has 0 unspecified atom stereocenters. The second-order valence-electron chi connectivity index (χ2n) is 4.26. The fraction of sp³-hybridized carbons (Fsp3) is 0.214. The molecule has 4 N–H and O–H groups in total. The van der Waals surface area contributed by atoms with Crippen molar-refractivity contribution in [3.63, 3.8) is 0 Å². The van der Waals surface area contributed by atoms with Gasteiger partial charge in [0.15, 0.2) is 11.5 Å². The number of carbonyl (C=O) groups is 3. The van der Waals surface area contributed by atoms with Gasteiger partial charge in [0, 0.05) is 6.08 Å². The highest BCUT2D eigenvalue weighted by Crippen LogP contribution is 2.26. The zero-order valence-electron chi connectivity index (χ0n) is 11.6. The van der Waals surface area contributed by atoms with Gasteiger partial charge in [-0.1, -0.05) is 6.07 Å². The first kappa shape index (κ1) is 17.0. The Bertz CT molecular complexity index is 609. The third-order valence-corrected chi connectivity index (χ3v) is 2.62. The molecule has 1 aromatic rings. The lowest BCUT2D eigenvalue weighted by atomic mass is 10.1. The van der Waals surface area contributed by atoms with Crippen LogP contribution in [0.4, 0.5) is 0 Å². The third kappa shape index (κ3) is 5.16. The second kappa shape index (κ2) is 7.67. The number of benzene rings is 1.